The Morgan fingerprint density at radius 3 is 2.25 bits per heavy atom. The van der Waals surface area contributed by atoms with Crippen molar-refractivity contribution >= 4 is 11.0 Å². The third kappa shape index (κ3) is 2.25. The van der Waals surface area contributed by atoms with Crippen molar-refractivity contribution in [1.29, 1.82) is 0 Å². The van der Waals surface area contributed by atoms with Crippen molar-refractivity contribution in [1.82, 2.24) is 9.55 Å². The van der Waals surface area contributed by atoms with E-state index in [1.807, 2.05) is 54.6 Å². The Hall–Kier alpha value is -3.40. The quantitative estimate of drug-likeness (QED) is 0.613. The smallest absolute Gasteiger partial charge is 0.282 e. The van der Waals surface area contributed by atoms with Gasteiger partial charge in [-0.3, -0.25) is 9.36 Å². The number of benzene rings is 3. The zero-order chi connectivity index (χ0) is 16.5. The van der Waals surface area contributed by atoms with Gasteiger partial charge in [-0.2, -0.15) is 0 Å². The molecule has 0 radical (unpaired) electrons. The van der Waals surface area contributed by atoms with E-state index in [2.05, 4.69) is 4.98 Å². The van der Waals surface area contributed by atoms with Crippen LogP contribution in [-0.4, -0.2) is 14.7 Å². The molecule has 0 aliphatic heterocycles. The van der Waals surface area contributed by atoms with E-state index >= 15 is 0 Å². The Labute approximate surface area is 138 Å². The highest BCUT2D eigenvalue weighted by atomic mass is 16.3. The van der Waals surface area contributed by atoms with Gasteiger partial charge < -0.3 is 5.11 Å². The molecule has 3 aromatic carbocycles. The van der Waals surface area contributed by atoms with Crippen molar-refractivity contribution in [2.45, 2.75) is 0 Å². The molecule has 0 bridgehead atoms. The highest BCUT2D eigenvalue weighted by Gasteiger charge is 2.15. The molecule has 0 aliphatic rings. The van der Waals surface area contributed by atoms with Gasteiger partial charge in [0, 0.05) is 5.56 Å². The molecule has 24 heavy (non-hydrogen) atoms. The van der Waals surface area contributed by atoms with Crippen LogP contribution in [0.3, 0.4) is 0 Å². The summed E-state index contributed by atoms with van der Waals surface area (Å²) in [7, 11) is 0. The number of hydrogen-bond donors (Lipinski definition) is 1. The Morgan fingerprint density at radius 2 is 1.46 bits per heavy atom. The van der Waals surface area contributed by atoms with Crippen LogP contribution in [0.1, 0.15) is 0 Å². The molecule has 0 atom stereocenters. The van der Waals surface area contributed by atoms with Gasteiger partial charge in [-0.1, -0.05) is 54.6 Å². The van der Waals surface area contributed by atoms with E-state index in [-0.39, 0.29) is 11.3 Å². The van der Waals surface area contributed by atoms with Crippen LogP contribution in [0.15, 0.2) is 83.7 Å². The van der Waals surface area contributed by atoms with Crippen molar-refractivity contribution in [3.63, 3.8) is 0 Å². The summed E-state index contributed by atoms with van der Waals surface area (Å²) in [5.74, 6) is 0.0509. The summed E-state index contributed by atoms with van der Waals surface area (Å²) in [5.41, 5.74) is 2.64. The highest BCUT2D eigenvalue weighted by molar-refractivity contribution is 5.80. The molecular formula is C20H14N2O2. The Bertz CT molecular complexity index is 1090. The predicted molar refractivity (Wildman–Crippen MR) is 94.4 cm³/mol. The zero-order valence-electron chi connectivity index (χ0n) is 12.8. The Morgan fingerprint density at radius 1 is 0.792 bits per heavy atom. The molecule has 4 rings (SSSR count). The number of hydrogen-bond acceptors (Lipinski definition) is 3. The topological polar surface area (TPSA) is 55.1 Å². The number of aromatic hydroxyl groups is 1. The summed E-state index contributed by atoms with van der Waals surface area (Å²) in [4.78, 5) is 17.7. The van der Waals surface area contributed by atoms with Gasteiger partial charge in [0.2, 0.25) is 0 Å². The molecule has 4 aromatic rings. The summed E-state index contributed by atoms with van der Waals surface area (Å²) in [6.07, 6.45) is 0. The van der Waals surface area contributed by atoms with Gasteiger partial charge >= 0.3 is 0 Å². The van der Waals surface area contributed by atoms with E-state index in [0.29, 0.717) is 22.4 Å². The molecule has 1 heterocycles. The second-order valence-electron chi connectivity index (χ2n) is 5.44. The number of nitrogens with zero attached hydrogens (tertiary/aromatic N) is 2. The molecule has 116 valence electrons. The maximum atomic E-state index is 13.1. The lowest BCUT2D eigenvalue weighted by atomic mass is 10.1. The molecule has 0 aliphatic carbocycles. The van der Waals surface area contributed by atoms with E-state index < -0.39 is 0 Å². The second kappa shape index (κ2) is 5.66. The predicted octanol–water partition coefficient (Wildman–Crippen LogP) is 3.76. The summed E-state index contributed by atoms with van der Waals surface area (Å²) >= 11 is 0. The first-order chi connectivity index (χ1) is 11.8. The van der Waals surface area contributed by atoms with E-state index in [4.69, 9.17) is 0 Å². The lowest BCUT2D eigenvalue weighted by molar-refractivity contribution is 0.472. The molecule has 4 nitrogen and oxygen atoms in total. The van der Waals surface area contributed by atoms with Gasteiger partial charge in [0.05, 0.1) is 16.7 Å². The first-order valence-electron chi connectivity index (χ1n) is 7.61. The normalized spacial score (nSPS) is 10.8. The van der Waals surface area contributed by atoms with Gasteiger partial charge in [0.15, 0.2) is 0 Å². The fraction of sp³-hybridized carbons (Fsp3) is 0. The van der Waals surface area contributed by atoms with Gasteiger partial charge in [-0.05, 0) is 24.3 Å². The van der Waals surface area contributed by atoms with E-state index in [0.717, 1.165) is 5.56 Å². The minimum Gasteiger partial charge on any atom is -0.506 e. The summed E-state index contributed by atoms with van der Waals surface area (Å²) < 4.78 is 1.51. The number of phenolic OH excluding ortho intramolecular Hbond substituents is 1. The molecule has 0 saturated carbocycles. The zero-order valence-corrected chi connectivity index (χ0v) is 12.8. The van der Waals surface area contributed by atoms with E-state index in [1.54, 1.807) is 24.3 Å². The minimum absolute atomic E-state index is 0.0509. The fourth-order valence-corrected chi connectivity index (χ4v) is 2.81. The second-order valence-corrected chi connectivity index (χ2v) is 5.44. The third-order valence-corrected chi connectivity index (χ3v) is 3.93. The minimum atomic E-state index is -0.263. The van der Waals surface area contributed by atoms with Crippen molar-refractivity contribution in [3.05, 3.63) is 89.2 Å². The molecule has 0 spiro atoms. The van der Waals surface area contributed by atoms with Crippen LogP contribution in [0.4, 0.5) is 0 Å². The van der Waals surface area contributed by atoms with Crippen LogP contribution in [0, 0.1) is 0 Å². The number of rotatable bonds is 2. The van der Waals surface area contributed by atoms with Crippen LogP contribution >= 0.6 is 0 Å². The van der Waals surface area contributed by atoms with Crippen LogP contribution in [-0.2, 0) is 0 Å². The van der Waals surface area contributed by atoms with Crippen molar-refractivity contribution in [2.75, 3.05) is 0 Å². The number of fused-ring (bicyclic) bond motifs is 1. The average Bonchev–Trinajstić information content (AvgIpc) is 2.63. The maximum absolute atomic E-state index is 13.1. The van der Waals surface area contributed by atoms with E-state index in [1.165, 1.54) is 4.57 Å². The molecule has 0 unspecified atom stereocenters. The first-order valence-corrected chi connectivity index (χ1v) is 7.61. The van der Waals surface area contributed by atoms with E-state index in [9.17, 15) is 9.90 Å². The number of aromatic nitrogens is 2. The van der Waals surface area contributed by atoms with Gasteiger partial charge in [0.25, 0.3) is 5.56 Å². The highest BCUT2D eigenvalue weighted by Crippen LogP contribution is 2.25. The molecule has 1 aromatic heterocycles. The largest absolute Gasteiger partial charge is 0.506 e. The van der Waals surface area contributed by atoms with Crippen LogP contribution in [0.25, 0.3) is 28.0 Å². The van der Waals surface area contributed by atoms with Crippen LogP contribution < -0.4 is 5.56 Å². The molecule has 0 amide bonds. The standard InChI is InChI=1S/C20H14N2O2/c23-18-13-7-6-12-17(18)22-16-11-5-4-10-15(16)21-19(20(22)24)14-8-2-1-3-9-14/h1-13,23H. The van der Waals surface area contributed by atoms with Crippen molar-refractivity contribution in [3.8, 4) is 22.7 Å². The number of para-hydroxylation sites is 4. The van der Waals surface area contributed by atoms with Crippen LogP contribution in [0.2, 0.25) is 0 Å². The summed E-state index contributed by atoms with van der Waals surface area (Å²) in [5, 5.41) is 10.2. The molecule has 0 fully saturated rings. The molecular weight excluding hydrogens is 300 g/mol. The molecule has 1 N–H and O–H groups in total. The van der Waals surface area contributed by atoms with Crippen molar-refractivity contribution < 1.29 is 5.11 Å². The fourth-order valence-electron chi connectivity index (χ4n) is 2.81. The van der Waals surface area contributed by atoms with Gasteiger partial charge in [0.1, 0.15) is 11.4 Å². The first kappa shape index (κ1) is 14.2. The van der Waals surface area contributed by atoms with Gasteiger partial charge in [-0.15, -0.1) is 0 Å². The summed E-state index contributed by atoms with van der Waals surface area (Å²) in [6, 6.07) is 23.6. The average molecular weight is 314 g/mol. The SMILES string of the molecule is O=c1c(-c2ccccc2)nc2ccccc2n1-c1ccccc1O. The molecule has 4 heteroatoms. The monoisotopic (exact) mass is 314 g/mol. The maximum Gasteiger partial charge on any atom is 0.282 e. The summed E-state index contributed by atoms with van der Waals surface area (Å²) in [6.45, 7) is 0. The van der Waals surface area contributed by atoms with Crippen LogP contribution in [0.5, 0.6) is 5.75 Å². The third-order valence-electron chi connectivity index (χ3n) is 3.93. The van der Waals surface area contributed by atoms with Crippen molar-refractivity contribution in [2.24, 2.45) is 0 Å². The van der Waals surface area contributed by atoms with Gasteiger partial charge in [-0.25, -0.2) is 4.98 Å². The Balaban J connectivity index is 2.14. The lowest BCUT2D eigenvalue weighted by Gasteiger charge is -2.13. The lowest BCUT2D eigenvalue weighted by Crippen LogP contribution is -2.22. The number of phenols is 1. The molecule has 0 saturated heterocycles. The Kier molecular flexibility index (Phi) is 3.35.